The number of nitrogens with one attached hydrogen (secondary N) is 1. The van der Waals surface area contributed by atoms with Crippen molar-refractivity contribution in [1.29, 1.82) is 0 Å². The summed E-state index contributed by atoms with van der Waals surface area (Å²) in [6.45, 7) is 2.16. The van der Waals surface area contributed by atoms with Crippen LogP contribution in [-0.4, -0.2) is 47.9 Å². The van der Waals surface area contributed by atoms with Gasteiger partial charge in [0.2, 0.25) is 21.8 Å². The fourth-order valence-electron chi connectivity index (χ4n) is 5.33. The fourth-order valence-corrected chi connectivity index (χ4v) is 5.85. The molecule has 11 nitrogen and oxygen atoms in total. The molecule has 42 heavy (non-hydrogen) atoms. The van der Waals surface area contributed by atoms with Gasteiger partial charge in [0.15, 0.2) is 0 Å². The van der Waals surface area contributed by atoms with Crippen LogP contribution in [0.25, 0.3) is 11.0 Å². The third-order valence-corrected chi connectivity index (χ3v) is 8.31. The molecule has 1 fully saturated rings. The van der Waals surface area contributed by atoms with Gasteiger partial charge >= 0.3 is 0 Å². The minimum Gasteiger partial charge on any atom is -0.494 e. The molecule has 0 radical (unpaired) electrons. The molecule has 2 amide bonds. The number of nitrogens with zero attached hydrogens (tertiary/aromatic N) is 4. The largest absolute Gasteiger partial charge is 0.494 e. The first-order chi connectivity index (χ1) is 20.2. The number of sulfonamides is 1. The monoisotopic (exact) mass is 590 g/mol. The van der Waals surface area contributed by atoms with Crippen LogP contribution in [0.5, 0.6) is 5.75 Å². The Balaban J connectivity index is 1.58. The highest BCUT2D eigenvalue weighted by molar-refractivity contribution is 7.89. The number of hydrogen-bond acceptors (Lipinski definition) is 7. The third-order valence-electron chi connectivity index (χ3n) is 7.38. The highest BCUT2D eigenvalue weighted by Crippen LogP contribution is 2.31. The summed E-state index contributed by atoms with van der Waals surface area (Å²) in [6, 6.07) is 18.9. The maximum Gasteiger partial charge on any atom is 0.249 e. The molecule has 0 saturated heterocycles. The van der Waals surface area contributed by atoms with Crippen molar-refractivity contribution in [2.24, 2.45) is 5.14 Å². The van der Waals surface area contributed by atoms with Crippen LogP contribution >= 0.6 is 0 Å². The van der Waals surface area contributed by atoms with Crippen LogP contribution in [0.3, 0.4) is 0 Å². The third kappa shape index (κ3) is 6.60. The highest BCUT2D eigenvalue weighted by atomic mass is 32.2. The van der Waals surface area contributed by atoms with E-state index in [-0.39, 0.29) is 23.4 Å². The minimum absolute atomic E-state index is 0.00239. The number of carbonyl (C=O) groups is 2. The molecule has 0 unspecified atom stereocenters. The normalized spacial score (nSPS) is 14.8. The summed E-state index contributed by atoms with van der Waals surface area (Å²) in [5, 5.41) is 16.8. The first-order valence-electron chi connectivity index (χ1n) is 14.0. The molecule has 3 N–H and O–H groups in total. The molecule has 0 aliphatic heterocycles. The van der Waals surface area contributed by atoms with Crippen molar-refractivity contribution in [1.82, 2.24) is 20.3 Å². The smallest absolute Gasteiger partial charge is 0.249 e. The molecule has 5 rings (SSSR count). The Labute approximate surface area is 244 Å². The zero-order valence-corrected chi connectivity index (χ0v) is 24.2. The Bertz CT molecular complexity index is 1650. The number of aromatic nitrogens is 3. The molecular formula is C30H34N6O5S. The molecule has 12 heteroatoms. The Morgan fingerprint density at radius 2 is 1.71 bits per heavy atom. The van der Waals surface area contributed by atoms with Crippen LogP contribution in [0.4, 0.5) is 5.69 Å². The van der Waals surface area contributed by atoms with Crippen molar-refractivity contribution in [3.63, 3.8) is 0 Å². The van der Waals surface area contributed by atoms with Crippen LogP contribution in [0, 0.1) is 0 Å². The average Bonchev–Trinajstić information content (AvgIpc) is 3.39. The second-order valence-corrected chi connectivity index (χ2v) is 11.8. The highest BCUT2D eigenvalue weighted by Gasteiger charge is 2.34. The molecule has 1 aliphatic carbocycles. The lowest BCUT2D eigenvalue weighted by atomic mass is 9.94. The van der Waals surface area contributed by atoms with Crippen molar-refractivity contribution in [3.8, 4) is 5.75 Å². The van der Waals surface area contributed by atoms with Gasteiger partial charge in [0.05, 0.1) is 17.0 Å². The predicted molar refractivity (Wildman–Crippen MR) is 158 cm³/mol. The number of carbonyl (C=O) groups excluding carboxylic acids is 2. The number of benzene rings is 3. The summed E-state index contributed by atoms with van der Waals surface area (Å²) >= 11 is 0. The molecule has 3 aromatic carbocycles. The lowest BCUT2D eigenvalue weighted by Gasteiger charge is -2.33. The van der Waals surface area contributed by atoms with Gasteiger partial charge in [-0.05, 0) is 73.9 Å². The van der Waals surface area contributed by atoms with E-state index >= 15 is 0 Å². The van der Waals surface area contributed by atoms with E-state index in [1.165, 1.54) is 33.8 Å². The maximum atomic E-state index is 14.2. The zero-order chi connectivity index (χ0) is 29.7. The molecule has 1 aromatic heterocycles. The molecule has 0 bridgehead atoms. The zero-order valence-electron chi connectivity index (χ0n) is 23.3. The topological polar surface area (TPSA) is 150 Å². The van der Waals surface area contributed by atoms with Gasteiger partial charge in [-0.2, -0.15) is 0 Å². The van der Waals surface area contributed by atoms with Crippen LogP contribution in [0.1, 0.15) is 50.6 Å². The van der Waals surface area contributed by atoms with Gasteiger partial charge in [0, 0.05) is 11.7 Å². The Hall–Kier alpha value is -4.29. The molecule has 1 atom stereocenters. The molecule has 1 aliphatic rings. The van der Waals surface area contributed by atoms with E-state index in [4.69, 9.17) is 9.88 Å². The van der Waals surface area contributed by atoms with Crippen LogP contribution in [0.2, 0.25) is 0 Å². The lowest BCUT2D eigenvalue weighted by Crippen LogP contribution is -2.48. The van der Waals surface area contributed by atoms with Crippen molar-refractivity contribution < 1.29 is 22.7 Å². The van der Waals surface area contributed by atoms with E-state index < -0.39 is 22.0 Å². The van der Waals surface area contributed by atoms with E-state index in [1.807, 2.05) is 25.1 Å². The van der Waals surface area contributed by atoms with E-state index in [1.54, 1.807) is 30.3 Å². The quantitative estimate of drug-likeness (QED) is 0.286. The van der Waals surface area contributed by atoms with Gasteiger partial charge in [-0.3, -0.25) is 14.5 Å². The molecule has 220 valence electrons. The van der Waals surface area contributed by atoms with Gasteiger partial charge in [0.1, 0.15) is 23.9 Å². The minimum atomic E-state index is -3.97. The van der Waals surface area contributed by atoms with Crippen molar-refractivity contribution in [3.05, 3.63) is 78.4 Å². The van der Waals surface area contributed by atoms with Gasteiger partial charge in [-0.1, -0.05) is 48.7 Å². The molecule has 4 aromatic rings. The summed E-state index contributed by atoms with van der Waals surface area (Å²) in [4.78, 5) is 29.6. The average molecular weight is 591 g/mol. The Morgan fingerprint density at radius 1 is 1.02 bits per heavy atom. The number of ether oxygens (including phenoxy) is 1. The van der Waals surface area contributed by atoms with Gasteiger partial charge in [-0.25, -0.2) is 18.2 Å². The van der Waals surface area contributed by atoms with Crippen molar-refractivity contribution >= 4 is 38.6 Å². The van der Waals surface area contributed by atoms with E-state index in [0.717, 1.165) is 32.1 Å². The number of anilines is 1. The van der Waals surface area contributed by atoms with Crippen molar-refractivity contribution in [2.75, 3.05) is 11.5 Å². The standard InChI is InChI=1S/C30H34N6O5S/c1-2-41-24-16-12-21(13-17-24)29(30(38)32-22-8-4-3-5-9-22)36(23-14-18-25(19-15-23)42(31,39)40)28(37)20-35-27-11-7-6-10-26(27)33-34-35/h6-7,10-19,22,29H,2-5,8-9,20H2,1H3,(H,32,38)(H2,31,39,40)/t29-/m0/s1. The Kier molecular flexibility index (Phi) is 8.83. The van der Waals surface area contributed by atoms with Gasteiger partial charge in [0.25, 0.3) is 0 Å². The summed E-state index contributed by atoms with van der Waals surface area (Å²) < 4.78 is 31.0. The van der Waals surface area contributed by atoms with E-state index in [9.17, 15) is 18.0 Å². The SMILES string of the molecule is CCOc1ccc([C@@H](C(=O)NC2CCCCC2)N(C(=O)Cn2nnc3ccccc32)c2ccc(S(N)(=O)=O)cc2)cc1. The van der Waals surface area contributed by atoms with Crippen LogP contribution < -0.4 is 20.1 Å². The number of fused-ring (bicyclic) bond motifs is 1. The number of primary sulfonamides is 1. The summed E-state index contributed by atoms with van der Waals surface area (Å²) in [7, 11) is -3.97. The van der Waals surface area contributed by atoms with Crippen molar-refractivity contribution in [2.45, 2.75) is 62.6 Å². The lowest BCUT2D eigenvalue weighted by molar-refractivity contribution is -0.127. The number of amides is 2. The molecular weight excluding hydrogens is 556 g/mol. The van der Waals surface area contributed by atoms with Crippen LogP contribution in [-0.2, 0) is 26.2 Å². The first kappa shape index (κ1) is 29.2. The van der Waals surface area contributed by atoms with Gasteiger partial charge in [-0.15, -0.1) is 5.10 Å². The number of para-hydroxylation sites is 1. The Morgan fingerprint density at radius 3 is 2.38 bits per heavy atom. The maximum absolute atomic E-state index is 14.2. The second kappa shape index (κ2) is 12.7. The van der Waals surface area contributed by atoms with E-state index in [0.29, 0.717) is 34.6 Å². The fraction of sp³-hybridized carbons (Fsp3) is 0.333. The predicted octanol–water partition coefficient (Wildman–Crippen LogP) is 3.70. The molecule has 1 heterocycles. The number of hydrogen-bond donors (Lipinski definition) is 2. The van der Waals surface area contributed by atoms with Gasteiger partial charge < -0.3 is 10.1 Å². The first-order valence-corrected chi connectivity index (χ1v) is 15.6. The number of nitrogens with two attached hydrogens (primary N) is 1. The summed E-state index contributed by atoms with van der Waals surface area (Å²) in [6.07, 6.45) is 4.90. The molecule has 0 spiro atoms. The van der Waals surface area contributed by atoms with Crippen LogP contribution in [0.15, 0.2) is 77.7 Å². The summed E-state index contributed by atoms with van der Waals surface area (Å²) in [5.41, 5.74) is 2.20. The number of rotatable bonds is 10. The summed E-state index contributed by atoms with van der Waals surface area (Å²) in [5.74, 6) is -0.137. The van der Waals surface area contributed by atoms with E-state index in [2.05, 4.69) is 15.6 Å². The molecule has 1 saturated carbocycles. The second-order valence-electron chi connectivity index (χ2n) is 10.3.